The first-order valence-corrected chi connectivity index (χ1v) is 15.9. The van der Waals surface area contributed by atoms with Crippen molar-refractivity contribution in [1.82, 2.24) is 10.2 Å². The Morgan fingerprint density at radius 1 is 0.927 bits per heavy atom. The van der Waals surface area contributed by atoms with Crippen LogP contribution in [0.4, 0.5) is 5.69 Å². The van der Waals surface area contributed by atoms with Gasteiger partial charge in [0.2, 0.25) is 11.8 Å². The molecule has 1 fully saturated rings. The number of amides is 2. The zero-order valence-electron chi connectivity index (χ0n) is 22.8. The van der Waals surface area contributed by atoms with Crippen LogP contribution >= 0.6 is 34.8 Å². The number of hydrogen-bond donors (Lipinski definition) is 1. The summed E-state index contributed by atoms with van der Waals surface area (Å²) in [6.07, 6.45) is 3.83. The number of hydrogen-bond acceptors (Lipinski definition) is 4. The van der Waals surface area contributed by atoms with E-state index in [0.29, 0.717) is 10.6 Å². The summed E-state index contributed by atoms with van der Waals surface area (Å²) in [6, 6.07) is 17.0. The van der Waals surface area contributed by atoms with Crippen molar-refractivity contribution in [1.29, 1.82) is 0 Å². The molecule has 1 saturated carbocycles. The second-order valence-corrected chi connectivity index (χ2v) is 13.2. The lowest BCUT2D eigenvalue weighted by Gasteiger charge is -2.33. The van der Waals surface area contributed by atoms with Crippen LogP contribution in [0.15, 0.2) is 71.6 Å². The number of halogens is 3. The van der Waals surface area contributed by atoms with Crippen molar-refractivity contribution in [2.45, 2.75) is 63.1 Å². The van der Waals surface area contributed by atoms with Crippen molar-refractivity contribution in [3.63, 3.8) is 0 Å². The van der Waals surface area contributed by atoms with Gasteiger partial charge in [-0.3, -0.25) is 13.9 Å². The molecule has 0 radical (unpaired) electrons. The molecule has 7 nitrogen and oxygen atoms in total. The minimum Gasteiger partial charge on any atom is -0.352 e. The van der Waals surface area contributed by atoms with Gasteiger partial charge in [-0.25, -0.2) is 8.42 Å². The zero-order chi connectivity index (χ0) is 29.7. The molecule has 3 aromatic rings. The van der Waals surface area contributed by atoms with E-state index in [9.17, 15) is 18.0 Å². The molecule has 0 spiro atoms. The molecule has 3 aromatic carbocycles. The maximum Gasteiger partial charge on any atom is 0.264 e. The van der Waals surface area contributed by atoms with Crippen LogP contribution in [0.2, 0.25) is 15.1 Å². The van der Waals surface area contributed by atoms with Gasteiger partial charge in [0.25, 0.3) is 10.0 Å². The Balaban J connectivity index is 1.73. The number of carbonyl (C=O) groups is 2. The summed E-state index contributed by atoms with van der Waals surface area (Å²) in [7, 11) is -4.27. The molecule has 11 heteroatoms. The van der Waals surface area contributed by atoms with E-state index >= 15 is 0 Å². The average Bonchev–Trinajstić information content (AvgIpc) is 3.45. The number of aryl methyl sites for hydroxylation is 1. The lowest BCUT2D eigenvalue weighted by atomic mass is 10.1. The molecule has 41 heavy (non-hydrogen) atoms. The first-order chi connectivity index (χ1) is 19.5. The molecule has 1 atom stereocenters. The quantitative estimate of drug-likeness (QED) is 0.271. The molecule has 218 valence electrons. The van der Waals surface area contributed by atoms with Crippen molar-refractivity contribution in [2.75, 3.05) is 10.8 Å². The Hall–Kier alpha value is -2.78. The Morgan fingerprint density at radius 2 is 1.56 bits per heavy atom. The zero-order valence-corrected chi connectivity index (χ0v) is 25.9. The van der Waals surface area contributed by atoms with Crippen LogP contribution in [-0.2, 0) is 26.2 Å². The van der Waals surface area contributed by atoms with Gasteiger partial charge in [-0.1, -0.05) is 89.6 Å². The van der Waals surface area contributed by atoms with Gasteiger partial charge in [-0.15, -0.1) is 0 Å². The molecule has 0 heterocycles. The number of rotatable bonds is 10. The smallest absolute Gasteiger partial charge is 0.264 e. The van der Waals surface area contributed by atoms with E-state index in [1.807, 2.05) is 6.92 Å². The van der Waals surface area contributed by atoms with E-state index in [4.69, 9.17) is 34.8 Å². The fraction of sp³-hybridized carbons (Fsp3) is 0.333. The summed E-state index contributed by atoms with van der Waals surface area (Å²) < 4.78 is 28.9. The van der Waals surface area contributed by atoms with Crippen molar-refractivity contribution >= 4 is 62.3 Å². The maximum atomic E-state index is 14.1. The van der Waals surface area contributed by atoms with Crippen LogP contribution in [0, 0.1) is 6.92 Å². The number of sulfonamides is 1. The molecule has 4 rings (SSSR count). The number of anilines is 1. The molecule has 0 aliphatic heterocycles. The van der Waals surface area contributed by atoms with E-state index in [-0.39, 0.29) is 39.1 Å². The standard InChI is InChI=1S/C30H32Cl3N3O4S/c1-20-14-16-24(17-15-20)41(39,40)36(27-13-7-12-26(32)29(27)33)19-28(37)35(18-22-8-3-6-11-25(22)31)21(2)30(38)34-23-9-4-5-10-23/h3,6-8,11-17,21,23H,4-5,9-10,18-19H2,1-2H3,(H,34,38)/t21-/m1/s1. The Kier molecular flexibility index (Phi) is 10.2. The molecular formula is C30H32Cl3N3O4S. The fourth-order valence-electron chi connectivity index (χ4n) is 4.82. The normalized spacial score (nSPS) is 14.5. The van der Waals surface area contributed by atoms with Crippen LogP contribution in [0.5, 0.6) is 0 Å². The SMILES string of the molecule is Cc1ccc(S(=O)(=O)N(CC(=O)N(Cc2ccccc2Cl)[C@H](C)C(=O)NC2CCCC2)c2cccc(Cl)c2Cl)cc1. The summed E-state index contributed by atoms with van der Waals surface area (Å²) >= 11 is 19.2. The molecule has 1 N–H and O–H groups in total. The van der Waals surface area contributed by atoms with E-state index in [2.05, 4.69) is 5.32 Å². The highest BCUT2D eigenvalue weighted by atomic mass is 35.5. The lowest BCUT2D eigenvalue weighted by Crippen LogP contribution is -2.52. The summed E-state index contributed by atoms with van der Waals surface area (Å²) in [5.41, 5.74) is 1.55. The monoisotopic (exact) mass is 635 g/mol. The largest absolute Gasteiger partial charge is 0.352 e. The highest BCUT2D eigenvalue weighted by Crippen LogP contribution is 2.35. The number of nitrogens with zero attached hydrogens (tertiary/aromatic N) is 2. The first-order valence-electron chi connectivity index (χ1n) is 13.4. The maximum absolute atomic E-state index is 14.1. The highest BCUT2D eigenvalue weighted by molar-refractivity contribution is 7.92. The Morgan fingerprint density at radius 3 is 2.22 bits per heavy atom. The van der Waals surface area contributed by atoms with Gasteiger partial charge in [0.15, 0.2) is 0 Å². The Labute approximate surface area is 256 Å². The minimum atomic E-state index is -4.27. The topological polar surface area (TPSA) is 86.8 Å². The molecule has 2 amide bonds. The van der Waals surface area contributed by atoms with Crippen molar-refractivity contribution in [3.8, 4) is 0 Å². The average molecular weight is 637 g/mol. The van der Waals surface area contributed by atoms with E-state index < -0.39 is 28.5 Å². The summed E-state index contributed by atoms with van der Waals surface area (Å²) in [6.45, 7) is 2.85. The van der Waals surface area contributed by atoms with Crippen LogP contribution in [0.3, 0.4) is 0 Å². The summed E-state index contributed by atoms with van der Waals surface area (Å²) in [5, 5.41) is 3.59. The molecule has 0 saturated heterocycles. The van der Waals surface area contributed by atoms with E-state index in [1.165, 1.54) is 29.2 Å². The lowest BCUT2D eigenvalue weighted by molar-refractivity contribution is -0.139. The Bertz CT molecular complexity index is 1510. The van der Waals surface area contributed by atoms with Gasteiger partial charge in [-0.05, 0) is 62.6 Å². The van der Waals surface area contributed by atoms with Crippen molar-refractivity contribution < 1.29 is 18.0 Å². The van der Waals surface area contributed by atoms with Gasteiger partial charge >= 0.3 is 0 Å². The van der Waals surface area contributed by atoms with Crippen molar-refractivity contribution in [3.05, 3.63) is 92.9 Å². The number of carbonyl (C=O) groups excluding carboxylic acids is 2. The third-order valence-corrected chi connectivity index (χ3v) is 10.2. The first kappa shape index (κ1) is 31.2. The molecular weight excluding hydrogens is 605 g/mol. The second-order valence-electron chi connectivity index (χ2n) is 10.2. The van der Waals surface area contributed by atoms with Gasteiger partial charge in [-0.2, -0.15) is 0 Å². The van der Waals surface area contributed by atoms with Crippen molar-refractivity contribution in [2.24, 2.45) is 0 Å². The third kappa shape index (κ3) is 7.36. The highest BCUT2D eigenvalue weighted by Gasteiger charge is 2.34. The molecule has 0 unspecified atom stereocenters. The van der Waals surface area contributed by atoms with Crippen LogP contribution in [-0.4, -0.2) is 43.8 Å². The second kappa shape index (κ2) is 13.5. The van der Waals surface area contributed by atoms with E-state index in [1.54, 1.807) is 49.4 Å². The summed E-state index contributed by atoms with van der Waals surface area (Å²) in [5.74, 6) is -0.920. The minimum absolute atomic E-state index is 0.000538. The third-order valence-electron chi connectivity index (χ3n) is 7.26. The number of benzene rings is 3. The number of nitrogens with one attached hydrogen (secondary N) is 1. The summed E-state index contributed by atoms with van der Waals surface area (Å²) in [4.78, 5) is 28.7. The van der Waals surface area contributed by atoms with Crippen LogP contribution in [0.1, 0.15) is 43.7 Å². The molecule has 0 aromatic heterocycles. The van der Waals surface area contributed by atoms with Gasteiger partial charge < -0.3 is 10.2 Å². The molecule has 1 aliphatic rings. The fourth-order valence-corrected chi connectivity index (χ4v) is 6.89. The predicted octanol–water partition coefficient (Wildman–Crippen LogP) is 6.63. The molecule has 0 bridgehead atoms. The van der Waals surface area contributed by atoms with Crippen LogP contribution < -0.4 is 9.62 Å². The van der Waals surface area contributed by atoms with Gasteiger partial charge in [0.05, 0.1) is 20.6 Å². The molecule has 1 aliphatic carbocycles. The predicted molar refractivity (Wildman–Crippen MR) is 164 cm³/mol. The van der Waals surface area contributed by atoms with Gasteiger partial charge in [0.1, 0.15) is 12.6 Å². The van der Waals surface area contributed by atoms with Gasteiger partial charge in [0, 0.05) is 17.6 Å². The van der Waals surface area contributed by atoms with E-state index in [0.717, 1.165) is 35.6 Å². The van der Waals surface area contributed by atoms with Crippen LogP contribution in [0.25, 0.3) is 0 Å².